The smallest absolute Gasteiger partial charge is 0.0429 e. The first kappa shape index (κ1) is 23.9. The average molecular weight is 480 g/mol. The van der Waals surface area contributed by atoms with Gasteiger partial charge in [-0.05, 0) is 76.2 Å². The van der Waals surface area contributed by atoms with Crippen LogP contribution in [0.5, 0.6) is 0 Å². The van der Waals surface area contributed by atoms with Crippen LogP contribution >= 0.6 is 11.3 Å². The van der Waals surface area contributed by atoms with Gasteiger partial charge in [0.2, 0.25) is 0 Å². The van der Waals surface area contributed by atoms with Gasteiger partial charge in [0, 0.05) is 23.7 Å². The SMILES string of the molecule is CCCCCCCCc1ccsc1-c1cccc(-c2ccc(CN3CCc4ccccc43)cc2)c1. The number of hydrogen-bond acceptors (Lipinski definition) is 2. The second-order valence-electron chi connectivity index (χ2n) is 9.87. The average Bonchev–Trinajstić information content (AvgIpc) is 3.54. The van der Waals surface area contributed by atoms with Crippen molar-refractivity contribution in [1.29, 1.82) is 0 Å². The van der Waals surface area contributed by atoms with Crippen molar-refractivity contribution < 1.29 is 0 Å². The van der Waals surface area contributed by atoms with Gasteiger partial charge in [-0.25, -0.2) is 0 Å². The molecule has 0 spiro atoms. The molecule has 3 aromatic carbocycles. The number of anilines is 1. The van der Waals surface area contributed by atoms with E-state index in [9.17, 15) is 0 Å². The lowest BCUT2D eigenvalue weighted by molar-refractivity contribution is 0.608. The van der Waals surface area contributed by atoms with Crippen molar-refractivity contribution in [3.05, 3.63) is 101 Å². The number of nitrogens with zero attached hydrogens (tertiary/aromatic N) is 1. The minimum Gasteiger partial charge on any atom is -0.367 e. The van der Waals surface area contributed by atoms with Crippen LogP contribution in [0, 0.1) is 0 Å². The molecule has 0 bridgehead atoms. The Hall–Kier alpha value is -2.84. The second kappa shape index (κ2) is 11.7. The zero-order valence-corrected chi connectivity index (χ0v) is 21.8. The topological polar surface area (TPSA) is 3.24 Å². The van der Waals surface area contributed by atoms with E-state index in [1.165, 1.54) is 88.9 Å². The molecular weight excluding hydrogens is 442 g/mol. The van der Waals surface area contributed by atoms with Crippen LogP contribution in [0.2, 0.25) is 0 Å². The first-order valence-electron chi connectivity index (χ1n) is 13.4. The maximum Gasteiger partial charge on any atom is 0.0429 e. The van der Waals surface area contributed by atoms with Crippen LogP contribution in [-0.4, -0.2) is 6.54 Å². The summed E-state index contributed by atoms with van der Waals surface area (Å²) in [6, 6.07) is 29.5. The van der Waals surface area contributed by atoms with Crippen molar-refractivity contribution in [2.45, 2.75) is 64.8 Å². The van der Waals surface area contributed by atoms with Crippen molar-refractivity contribution in [3.63, 3.8) is 0 Å². The maximum absolute atomic E-state index is 2.51. The molecule has 1 aromatic heterocycles. The molecule has 0 amide bonds. The Morgan fingerprint density at radius 3 is 2.43 bits per heavy atom. The van der Waals surface area contributed by atoms with Crippen LogP contribution in [0.25, 0.3) is 21.6 Å². The first-order chi connectivity index (χ1) is 17.3. The molecule has 1 nitrogen and oxygen atoms in total. The van der Waals surface area contributed by atoms with Crippen molar-refractivity contribution in [3.8, 4) is 21.6 Å². The number of thiophene rings is 1. The molecule has 0 unspecified atom stereocenters. The highest BCUT2D eigenvalue weighted by Crippen LogP contribution is 2.34. The van der Waals surface area contributed by atoms with E-state index in [4.69, 9.17) is 0 Å². The summed E-state index contributed by atoms with van der Waals surface area (Å²) < 4.78 is 0. The second-order valence-corrected chi connectivity index (χ2v) is 10.8. The molecule has 0 fully saturated rings. The highest BCUT2D eigenvalue weighted by Gasteiger charge is 2.18. The zero-order valence-electron chi connectivity index (χ0n) is 21.0. The standard InChI is InChI=1S/C33H37NS/c1-2-3-4-5-6-7-12-29-21-23-35-33(29)31-14-10-13-30(24-31)27-18-16-26(17-19-27)25-34-22-20-28-11-8-9-15-32(28)34/h8-11,13-19,21,23-24H,2-7,12,20,22,25H2,1H3. The van der Waals surface area contributed by atoms with E-state index < -0.39 is 0 Å². The fourth-order valence-corrected chi connectivity index (χ4v) is 6.27. The third-order valence-electron chi connectivity index (χ3n) is 7.32. The molecule has 1 aliphatic rings. The van der Waals surface area contributed by atoms with Gasteiger partial charge < -0.3 is 4.90 Å². The minimum absolute atomic E-state index is 0.980. The molecule has 1 aliphatic heterocycles. The predicted molar refractivity (Wildman–Crippen MR) is 153 cm³/mol. The Balaban J connectivity index is 1.24. The number of unbranched alkanes of at least 4 members (excludes halogenated alkanes) is 5. The predicted octanol–water partition coefficient (Wildman–Crippen LogP) is 9.55. The summed E-state index contributed by atoms with van der Waals surface area (Å²) >= 11 is 1.89. The van der Waals surface area contributed by atoms with E-state index in [1.807, 2.05) is 11.3 Å². The summed E-state index contributed by atoms with van der Waals surface area (Å²) in [6.45, 7) is 4.38. The minimum atomic E-state index is 0.980. The monoisotopic (exact) mass is 479 g/mol. The van der Waals surface area contributed by atoms with Gasteiger partial charge in [0.05, 0.1) is 0 Å². The van der Waals surface area contributed by atoms with Gasteiger partial charge in [0.1, 0.15) is 0 Å². The first-order valence-corrected chi connectivity index (χ1v) is 14.3. The van der Waals surface area contributed by atoms with Crippen LogP contribution in [0.1, 0.15) is 62.1 Å². The van der Waals surface area contributed by atoms with Crippen LogP contribution in [0.3, 0.4) is 0 Å². The Morgan fingerprint density at radius 1 is 0.743 bits per heavy atom. The van der Waals surface area contributed by atoms with Gasteiger partial charge in [-0.3, -0.25) is 0 Å². The van der Waals surface area contributed by atoms with E-state index in [2.05, 4.69) is 96.1 Å². The molecule has 4 aromatic rings. The van der Waals surface area contributed by atoms with Gasteiger partial charge in [-0.2, -0.15) is 0 Å². The molecular formula is C33H37NS. The lowest BCUT2D eigenvalue weighted by Crippen LogP contribution is -2.19. The van der Waals surface area contributed by atoms with Gasteiger partial charge in [-0.1, -0.05) is 99.7 Å². The highest BCUT2D eigenvalue weighted by atomic mass is 32.1. The van der Waals surface area contributed by atoms with Crippen LogP contribution in [0.15, 0.2) is 84.2 Å². The van der Waals surface area contributed by atoms with Gasteiger partial charge >= 0.3 is 0 Å². The number of aryl methyl sites for hydroxylation is 1. The molecule has 0 saturated heterocycles. The van der Waals surface area contributed by atoms with E-state index in [1.54, 1.807) is 0 Å². The maximum atomic E-state index is 2.51. The van der Waals surface area contributed by atoms with Gasteiger partial charge in [-0.15, -0.1) is 11.3 Å². The third-order valence-corrected chi connectivity index (χ3v) is 8.32. The lowest BCUT2D eigenvalue weighted by Gasteiger charge is -2.19. The summed E-state index contributed by atoms with van der Waals surface area (Å²) in [4.78, 5) is 3.96. The molecule has 0 aliphatic carbocycles. The van der Waals surface area contributed by atoms with Crippen molar-refractivity contribution >= 4 is 17.0 Å². The number of para-hydroxylation sites is 1. The lowest BCUT2D eigenvalue weighted by atomic mass is 9.98. The molecule has 5 rings (SSSR count). The summed E-state index contributed by atoms with van der Waals surface area (Å²) in [5.41, 5.74) is 9.73. The fraction of sp³-hybridized carbons (Fsp3) is 0.333. The number of rotatable bonds is 11. The number of fused-ring (bicyclic) bond motifs is 1. The van der Waals surface area contributed by atoms with E-state index in [0.717, 1.165) is 19.5 Å². The molecule has 0 atom stereocenters. The van der Waals surface area contributed by atoms with Crippen LogP contribution < -0.4 is 4.90 Å². The van der Waals surface area contributed by atoms with Gasteiger partial charge in [0.25, 0.3) is 0 Å². The Morgan fingerprint density at radius 2 is 1.54 bits per heavy atom. The van der Waals surface area contributed by atoms with Crippen molar-refractivity contribution in [2.24, 2.45) is 0 Å². The quantitative estimate of drug-likeness (QED) is 0.194. The molecule has 180 valence electrons. The van der Waals surface area contributed by atoms with Crippen LogP contribution in [-0.2, 0) is 19.4 Å². The molecule has 0 N–H and O–H groups in total. The third kappa shape index (κ3) is 5.87. The number of hydrogen-bond donors (Lipinski definition) is 0. The molecule has 2 heteroatoms. The van der Waals surface area contributed by atoms with E-state index >= 15 is 0 Å². The Bertz CT molecular complexity index is 1220. The van der Waals surface area contributed by atoms with Crippen molar-refractivity contribution in [2.75, 3.05) is 11.4 Å². The van der Waals surface area contributed by atoms with Crippen LogP contribution in [0.4, 0.5) is 5.69 Å². The van der Waals surface area contributed by atoms with Crippen molar-refractivity contribution in [1.82, 2.24) is 0 Å². The molecule has 2 heterocycles. The normalized spacial score (nSPS) is 12.8. The Kier molecular flexibility index (Phi) is 8.00. The molecule has 0 saturated carbocycles. The Labute approximate surface area is 215 Å². The molecule has 35 heavy (non-hydrogen) atoms. The fourth-order valence-electron chi connectivity index (χ4n) is 5.32. The van der Waals surface area contributed by atoms with E-state index in [0.29, 0.717) is 0 Å². The highest BCUT2D eigenvalue weighted by molar-refractivity contribution is 7.13. The van der Waals surface area contributed by atoms with E-state index in [-0.39, 0.29) is 0 Å². The summed E-state index contributed by atoms with van der Waals surface area (Å²) in [7, 11) is 0. The van der Waals surface area contributed by atoms with Gasteiger partial charge in [0.15, 0.2) is 0 Å². The summed E-state index contributed by atoms with van der Waals surface area (Å²) in [5.74, 6) is 0. The summed E-state index contributed by atoms with van der Waals surface area (Å²) in [6.07, 6.45) is 10.5. The largest absolute Gasteiger partial charge is 0.367 e. The zero-order chi connectivity index (χ0) is 23.9. The number of benzene rings is 3. The summed E-state index contributed by atoms with van der Waals surface area (Å²) in [5, 5.41) is 2.26. The molecule has 0 radical (unpaired) electrons.